The number of hydrogen-bond acceptors (Lipinski definition) is 5. The zero-order valence-corrected chi connectivity index (χ0v) is 40.2. The predicted octanol–water partition coefficient (Wildman–Crippen LogP) is 16.1. The van der Waals surface area contributed by atoms with Crippen molar-refractivity contribution in [2.24, 2.45) is 0 Å². The summed E-state index contributed by atoms with van der Waals surface area (Å²) in [5, 5.41) is 4.71. The van der Waals surface area contributed by atoms with Crippen LogP contribution in [0.3, 0.4) is 0 Å². The summed E-state index contributed by atoms with van der Waals surface area (Å²) in [7, 11) is 2.13. The lowest BCUT2D eigenvalue weighted by Crippen LogP contribution is -2.24. The van der Waals surface area contributed by atoms with Crippen molar-refractivity contribution < 1.29 is 4.74 Å². The van der Waals surface area contributed by atoms with Gasteiger partial charge in [0, 0.05) is 75.5 Å². The quantitative estimate of drug-likeness (QED) is 0.152. The van der Waals surface area contributed by atoms with E-state index in [2.05, 4.69) is 243 Å². The Bertz CT molecular complexity index is 3690. The average Bonchev–Trinajstić information content (AvgIpc) is 4.00. The lowest BCUT2D eigenvalue weighted by molar-refractivity contribution is 0.479. The molecular weight excluding hydrogens is 845 g/mol. The molecule has 0 saturated heterocycles. The molecule has 0 radical (unpaired) electrons. The van der Waals surface area contributed by atoms with Gasteiger partial charge in [0.1, 0.15) is 17.3 Å². The Morgan fingerprint density at radius 1 is 0.565 bits per heavy atom. The van der Waals surface area contributed by atoms with Crippen LogP contribution in [0.1, 0.15) is 57.4 Å². The highest BCUT2D eigenvalue weighted by molar-refractivity contribution is 6.17. The van der Waals surface area contributed by atoms with Crippen molar-refractivity contribution in [2.45, 2.75) is 52.9 Å². The molecule has 1 aliphatic heterocycles. The van der Waals surface area contributed by atoms with E-state index in [1.165, 1.54) is 49.5 Å². The third-order valence-electron chi connectivity index (χ3n) is 13.9. The summed E-state index contributed by atoms with van der Waals surface area (Å²) in [6.45, 7) is 14.0. The molecule has 0 fully saturated rings. The van der Waals surface area contributed by atoms with Gasteiger partial charge in [-0.3, -0.25) is 4.57 Å². The van der Waals surface area contributed by atoms with E-state index in [-0.39, 0.29) is 5.41 Å². The smallest absolute Gasteiger partial charge is 0.158 e. The van der Waals surface area contributed by atoms with Gasteiger partial charge in [-0.15, -0.1) is 0 Å². The molecule has 0 bridgehead atoms. The van der Waals surface area contributed by atoms with Gasteiger partial charge < -0.3 is 19.1 Å². The number of fused-ring (bicyclic) bond motifs is 7. The maximum absolute atomic E-state index is 7.00. The first-order valence-electron chi connectivity index (χ1n) is 24.0. The van der Waals surface area contributed by atoms with Gasteiger partial charge in [0.25, 0.3) is 0 Å². The first-order chi connectivity index (χ1) is 33.5. The molecule has 0 amide bonds. The van der Waals surface area contributed by atoms with Crippen LogP contribution in [0.15, 0.2) is 182 Å². The SMILES string of the molecule is Cc1ccc2c(c1)c1ccc(Oc3cc(N4CN(C)c5ccc(C(C)C)nc54)cc(C(C)(C)C)c3)cc1n2-c1cc(-n2c3c(-c4ccccc4)cccc3c3cccc(-c4ccccc4)c32)ccn1. The molecule has 7 heteroatoms. The Morgan fingerprint density at radius 2 is 1.26 bits per heavy atom. The van der Waals surface area contributed by atoms with Crippen molar-refractivity contribution in [3.63, 3.8) is 0 Å². The normalized spacial score (nSPS) is 12.9. The fourth-order valence-corrected chi connectivity index (χ4v) is 10.4. The largest absolute Gasteiger partial charge is 0.457 e. The number of ether oxygens (including phenoxy) is 1. The van der Waals surface area contributed by atoms with E-state index < -0.39 is 0 Å². The van der Waals surface area contributed by atoms with Gasteiger partial charge in [-0.2, -0.15) is 0 Å². The molecule has 0 unspecified atom stereocenters. The monoisotopic (exact) mass is 898 g/mol. The van der Waals surface area contributed by atoms with Gasteiger partial charge in [0.2, 0.25) is 0 Å². The highest BCUT2D eigenvalue weighted by Crippen LogP contribution is 2.45. The van der Waals surface area contributed by atoms with E-state index in [1.54, 1.807) is 0 Å². The van der Waals surface area contributed by atoms with Crippen LogP contribution < -0.4 is 14.5 Å². The highest BCUT2D eigenvalue weighted by Gasteiger charge is 2.29. The minimum Gasteiger partial charge on any atom is -0.457 e. The summed E-state index contributed by atoms with van der Waals surface area (Å²) in [5.41, 5.74) is 15.6. The van der Waals surface area contributed by atoms with E-state index in [0.29, 0.717) is 12.6 Å². The third kappa shape index (κ3) is 7.19. The van der Waals surface area contributed by atoms with Crippen LogP contribution >= 0.6 is 0 Å². The molecule has 69 heavy (non-hydrogen) atoms. The van der Waals surface area contributed by atoms with Gasteiger partial charge >= 0.3 is 0 Å². The second kappa shape index (κ2) is 16.3. The number of hydrogen-bond donors (Lipinski definition) is 0. The molecule has 1 aliphatic rings. The summed E-state index contributed by atoms with van der Waals surface area (Å²) in [5.74, 6) is 3.65. The number of aryl methyl sites for hydroxylation is 1. The first-order valence-corrected chi connectivity index (χ1v) is 24.0. The lowest BCUT2D eigenvalue weighted by atomic mass is 9.86. The van der Waals surface area contributed by atoms with Crippen LogP contribution in [0.4, 0.5) is 17.2 Å². The number of rotatable bonds is 8. The number of para-hydroxylation sites is 2. The zero-order chi connectivity index (χ0) is 47.1. The maximum Gasteiger partial charge on any atom is 0.158 e. The topological polar surface area (TPSA) is 51.4 Å². The predicted molar refractivity (Wildman–Crippen MR) is 287 cm³/mol. The van der Waals surface area contributed by atoms with Crippen LogP contribution in [0.2, 0.25) is 0 Å². The number of nitrogens with zero attached hydrogens (tertiary/aromatic N) is 6. The van der Waals surface area contributed by atoms with Crippen molar-refractivity contribution in [1.29, 1.82) is 0 Å². The Balaban J connectivity index is 1.03. The first kappa shape index (κ1) is 42.2. The van der Waals surface area contributed by atoms with Crippen LogP contribution in [0.25, 0.3) is 77.4 Å². The molecule has 5 heterocycles. The molecule has 4 aromatic heterocycles. The molecule has 0 spiro atoms. The summed E-state index contributed by atoms with van der Waals surface area (Å²) in [4.78, 5) is 14.9. The van der Waals surface area contributed by atoms with Gasteiger partial charge in [0.15, 0.2) is 5.82 Å². The van der Waals surface area contributed by atoms with E-state index in [9.17, 15) is 0 Å². The fourth-order valence-electron chi connectivity index (χ4n) is 10.4. The molecule has 11 aromatic rings. The van der Waals surface area contributed by atoms with E-state index >= 15 is 0 Å². The van der Waals surface area contributed by atoms with E-state index in [1.807, 2.05) is 6.20 Å². The van der Waals surface area contributed by atoms with Crippen molar-refractivity contribution >= 4 is 60.8 Å². The maximum atomic E-state index is 7.00. The van der Waals surface area contributed by atoms with Crippen LogP contribution in [-0.4, -0.2) is 32.8 Å². The molecular formula is C62H54N6O. The molecule has 338 valence electrons. The summed E-state index contributed by atoms with van der Waals surface area (Å²) in [6.07, 6.45) is 1.96. The fraction of sp³-hybridized carbons (Fsp3) is 0.161. The van der Waals surface area contributed by atoms with Gasteiger partial charge in [-0.25, -0.2) is 9.97 Å². The highest BCUT2D eigenvalue weighted by atomic mass is 16.5. The zero-order valence-electron chi connectivity index (χ0n) is 40.2. The Labute approximate surface area is 403 Å². The van der Waals surface area contributed by atoms with Gasteiger partial charge in [0.05, 0.1) is 40.1 Å². The number of aromatic nitrogens is 4. The van der Waals surface area contributed by atoms with Gasteiger partial charge in [-0.1, -0.05) is 143 Å². The van der Waals surface area contributed by atoms with Crippen molar-refractivity contribution in [3.8, 4) is 45.3 Å². The molecule has 0 N–H and O–H groups in total. The number of anilines is 3. The molecule has 12 rings (SSSR count). The second-order valence-electron chi connectivity index (χ2n) is 19.9. The van der Waals surface area contributed by atoms with Crippen LogP contribution in [0, 0.1) is 6.92 Å². The Hall–Kier alpha value is -8.16. The summed E-state index contributed by atoms with van der Waals surface area (Å²) >= 11 is 0. The van der Waals surface area contributed by atoms with Crippen LogP contribution in [0.5, 0.6) is 11.5 Å². The second-order valence-corrected chi connectivity index (χ2v) is 19.9. The van der Waals surface area contributed by atoms with Crippen molar-refractivity contribution in [1.82, 2.24) is 19.1 Å². The molecule has 0 atom stereocenters. The Kier molecular flexibility index (Phi) is 9.95. The molecule has 0 aliphatic carbocycles. The van der Waals surface area contributed by atoms with Gasteiger partial charge in [-0.05, 0) is 89.5 Å². The lowest BCUT2D eigenvalue weighted by Gasteiger charge is -2.25. The van der Waals surface area contributed by atoms with Crippen LogP contribution in [-0.2, 0) is 5.41 Å². The molecule has 7 aromatic carbocycles. The van der Waals surface area contributed by atoms with Crippen molar-refractivity contribution in [2.75, 3.05) is 23.5 Å². The number of pyridine rings is 2. The average molecular weight is 899 g/mol. The summed E-state index contributed by atoms with van der Waals surface area (Å²) < 4.78 is 11.8. The van der Waals surface area contributed by atoms with E-state index in [4.69, 9.17) is 14.7 Å². The van der Waals surface area contributed by atoms with E-state index in [0.717, 1.165) is 73.3 Å². The Morgan fingerprint density at radius 3 is 1.93 bits per heavy atom. The standard InChI is InChI=1S/C62H54N6O/c1-39(2)54-27-29-56-61(64-54)66(38-65(56)7)45-33-43(62(4,5)6)34-47(35-45)69-46-25-26-50-53-32-40(3)24-28-55(53)68(57(50)37-46)58-36-44(30-31-63-58)67-59-48(41-16-10-8-11-17-41)20-14-22-51(59)52-23-15-21-49(60(52)67)42-18-12-9-13-19-42/h8-37,39H,38H2,1-7H3. The third-order valence-corrected chi connectivity index (χ3v) is 13.9. The summed E-state index contributed by atoms with van der Waals surface area (Å²) in [6, 6.07) is 63.4. The van der Waals surface area contributed by atoms with Crippen molar-refractivity contribution in [3.05, 3.63) is 199 Å². The molecule has 0 saturated carbocycles. The molecule has 7 nitrogen and oxygen atoms in total. The number of benzene rings is 7. The minimum atomic E-state index is -0.124. The minimum absolute atomic E-state index is 0.124.